The van der Waals surface area contributed by atoms with E-state index in [0.29, 0.717) is 10.6 Å². The van der Waals surface area contributed by atoms with Crippen LogP contribution in [0.25, 0.3) is 10.8 Å². The maximum atomic E-state index is 12.4. The van der Waals surface area contributed by atoms with Gasteiger partial charge >= 0.3 is 5.97 Å². The van der Waals surface area contributed by atoms with Crippen molar-refractivity contribution < 1.29 is 19.1 Å². The van der Waals surface area contributed by atoms with Gasteiger partial charge in [0.15, 0.2) is 11.9 Å². The molecule has 0 saturated carbocycles. The average Bonchev–Trinajstić information content (AvgIpc) is 3.13. The summed E-state index contributed by atoms with van der Waals surface area (Å²) in [4.78, 5) is 38.2. The third-order valence-electron chi connectivity index (χ3n) is 4.30. The maximum absolute atomic E-state index is 12.4. The van der Waals surface area contributed by atoms with Gasteiger partial charge in [0, 0.05) is 22.4 Å². The van der Waals surface area contributed by atoms with E-state index < -0.39 is 18.0 Å². The number of carbonyl (C=O) groups excluding carboxylic acids is 3. The lowest BCUT2D eigenvalue weighted by molar-refractivity contribution is -0.153. The number of hydrogen-bond donors (Lipinski definition) is 1. The van der Waals surface area contributed by atoms with Crippen molar-refractivity contribution in [3.63, 3.8) is 0 Å². The lowest BCUT2D eigenvalue weighted by atomic mass is 10.1. The molecule has 0 aliphatic heterocycles. The molecule has 0 bridgehead atoms. The second-order valence-corrected chi connectivity index (χ2v) is 7.77. The van der Waals surface area contributed by atoms with Crippen LogP contribution in [0.1, 0.15) is 34.3 Å². The number of fused-ring (bicyclic) bond motifs is 1. The summed E-state index contributed by atoms with van der Waals surface area (Å²) in [5.74, 6) is -1.07. The molecule has 144 valence electrons. The molecule has 0 saturated heterocycles. The summed E-state index contributed by atoms with van der Waals surface area (Å²) in [6.07, 6.45) is -0.941. The van der Waals surface area contributed by atoms with Crippen LogP contribution >= 0.6 is 11.3 Å². The van der Waals surface area contributed by atoms with Gasteiger partial charge in [0.05, 0.1) is 11.3 Å². The minimum absolute atomic E-state index is 0.0539. The molecule has 5 nitrogen and oxygen atoms in total. The number of rotatable bonds is 7. The van der Waals surface area contributed by atoms with Gasteiger partial charge in [-0.3, -0.25) is 14.4 Å². The zero-order chi connectivity index (χ0) is 20.1. The Hall–Kier alpha value is -2.99. The third-order valence-corrected chi connectivity index (χ3v) is 5.34. The van der Waals surface area contributed by atoms with Crippen LogP contribution in [0.5, 0.6) is 0 Å². The van der Waals surface area contributed by atoms with E-state index in [9.17, 15) is 14.4 Å². The molecule has 1 atom stereocenters. The SMILES string of the molecule is Cc1ccc(C(=O)CCC(=O)OC(C)C(=O)Nc2cccc3ccccc23)s1. The van der Waals surface area contributed by atoms with Crippen LogP contribution in [0, 0.1) is 6.92 Å². The molecule has 1 N–H and O–H groups in total. The Bertz CT molecular complexity index is 1020. The van der Waals surface area contributed by atoms with E-state index in [1.54, 1.807) is 12.1 Å². The minimum Gasteiger partial charge on any atom is -0.453 e. The number of ether oxygens (including phenoxy) is 1. The third kappa shape index (κ3) is 4.84. The van der Waals surface area contributed by atoms with Crippen LogP contribution in [0.2, 0.25) is 0 Å². The largest absolute Gasteiger partial charge is 0.453 e. The van der Waals surface area contributed by atoms with Gasteiger partial charge in [-0.2, -0.15) is 0 Å². The van der Waals surface area contributed by atoms with Crippen molar-refractivity contribution in [3.8, 4) is 0 Å². The monoisotopic (exact) mass is 395 g/mol. The summed E-state index contributed by atoms with van der Waals surface area (Å²) in [5, 5.41) is 4.72. The Balaban J connectivity index is 1.53. The Labute approximate surface area is 167 Å². The van der Waals surface area contributed by atoms with Crippen LogP contribution in [-0.2, 0) is 14.3 Å². The number of anilines is 1. The maximum Gasteiger partial charge on any atom is 0.307 e. The zero-order valence-electron chi connectivity index (χ0n) is 15.7. The highest BCUT2D eigenvalue weighted by Gasteiger charge is 2.19. The molecule has 2 aromatic carbocycles. The van der Waals surface area contributed by atoms with Gasteiger partial charge in [-0.25, -0.2) is 0 Å². The molecule has 28 heavy (non-hydrogen) atoms. The second kappa shape index (κ2) is 8.80. The van der Waals surface area contributed by atoms with Gasteiger partial charge in [-0.05, 0) is 37.4 Å². The van der Waals surface area contributed by atoms with E-state index in [4.69, 9.17) is 4.74 Å². The van der Waals surface area contributed by atoms with Crippen molar-refractivity contribution in [3.05, 3.63) is 64.4 Å². The molecule has 1 amide bonds. The summed E-state index contributed by atoms with van der Waals surface area (Å²) in [7, 11) is 0. The number of benzene rings is 2. The molecule has 3 rings (SSSR count). The fraction of sp³-hybridized carbons (Fsp3) is 0.227. The molecule has 1 heterocycles. The van der Waals surface area contributed by atoms with Crippen molar-refractivity contribution in [2.24, 2.45) is 0 Å². The van der Waals surface area contributed by atoms with Crippen LogP contribution in [0.3, 0.4) is 0 Å². The number of Topliss-reactive ketones (excluding diaryl/α,β-unsaturated/α-hetero) is 1. The highest BCUT2D eigenvalue weighted by Crippen LogP contribution is 2.23. The Kier molecular flexibility index (Phi) is 6.21. The van der Waals surface area contributed by atoms with Gasteiger partial charge in [0.2, 0.25) is 0 Å². The molecule has 0 aliphatic rings. The van der Waals surface area contributed by atoms with Gasteiger partial charge in [-0.15, -0.1) is 11.3 Å². The Morgan fingerprint density at radius 1 is 1.00 bits per heavy atom. The zero-order valence-corrected chi connectivity index (χ0v) is 16.5. The average molecular weight is 395 g/mol. The first kappa shape index (κ1) is 19.8. The normalized spacial score (nSPS) is 11.8. The minimum atomic E-state index is -0.953. The van der Waals surface area contributed by atoms with E-state index in [1.165, 1.54) is 18.3 Å². The Morgan fingerprint density at radius 2 is 1.75 bits per heavy atom. The number of carbonyl (C=O) groups is 3. The smallest absolute Gasteiger partial charge is 0.307 e. The summed E-state index contributed by atoms with van der Waals surface area (Å²) in [6, 6.07) is 16.9. The topological polar surface area (TPSA) is 72.5 Å². The first-order valence-electron chi connectivity index (χ1n) is 9.02. The number of ketones is 1. The highest BCUT2D eigenvalue weighted by atomic mass is 32.1. The van der Waals surface area contributed by atoms with E-state index in [-0.39, 0.29) is 18.6 Å². The molecule has 6 heteroatoms. The molecule has 0 spiro atoms. The fourth-order valence-electron chi connectivity index (χ4n) is 2.80. The lowest BCUT2D eigenvalue weighted by Crippen LogP contribution is -2.30. The highest BCUT2D eigenvalue weighted by molar-refractivity contribution is 7.14. The number of nitrogens with one attached hydrogen (secondary N) is 1. The molecule has 0 radical (unpaired) electrons. The van der Waals surface area contributed by atoms with Crippen LogP contribution in [0.4, 0.5) is 5.69 Å². The van der Waals surface area contributed by atoms with Crippen molar-refractivity contribution in [2.75, 3.05) is 5.32 Å². The van der Waals surface area contributed by atoms with Gasteiger partial charge in [0.1, 0.15) is 0 Å². The quantitative estimate of drug-likeness (QED) is 0.463. The van der Waals surface area contributed by atoms with Crippen molar-refractivity contribution in [2.45, 2.75) is 32.8 Å². The number of amides is 1. The second-order valence-electron chi connectivity index (χ2n) is 6.48. The number of thiophene rings is 1. The van der Waals surface area contributed by atoms with Gasteiger partial charge < -0.3 is 10.1 Å². The van der Waals surface area contributed by atoms with Gasteiger partial charge in [-0.1, -0.05) is 36.4 Å². The Morgan fingerprint density at radius 3 is 2.50 bits per heavy atom. The lowest BCUT2D eigenvalue weighted by Gasteiger charge is -2.14. The van der Waals surface area contributed by atoms with Crippen molar-refractivity contribution in [1.29, 1.82) is 0 Å². The first-order valence-corrected chi connectivity index (χ1v) is 9.83. The number of hydrogen-bond acceptors (Lipinski definition) is 5. The molecule has 1 unspecified atom stereocenters. The van der Waals surface area contributed by atoms with Crippen LogP contribution < -0.4 is 5.32 Å². The molecule has 0 aliphatic carbocycles. The summed E-state index contributed by atoms with van der Waals surface area (Å²) in [5.41, 5.74) is 0.661. The van der Waals surface area contributed by atoms with Crippen LogP contribution in [0.15, 0.2) is 54.6 Å². The van der Waals surface area contributed by atoms with E-state index in [1.807, 2.05) is 49.4 Å². The fourth-order valence-corrected chi connectivity index (χ4v) is 3.64. The number of esters is 1. The predicted octanol–water partition coefficient (Wildman–Crippen LogP) is 4.74. The summed E-state index contributed by atoms with van der Waals surface area (Å²) < 4.78 is 5.19. The molecular weight excluding hydrogens is 374 g/mol. The first-order chi connectivity index (χ1) is 13.4. The van der Waals surface area contributed by atoms with E-state index in [0.717, 1.165) is 15.6 Å². The van der Waals surface area contributed by atoms with Crippen molar-refractivity contribution >= 4 is 45.5 Å². The van der Waals surface area contributed by atoms with Crippen molar-refractivity contribution in [1.82, 2.24) is 0 Å². The van der Waals surface area contributed by atoms with Gasteiger partial charge in [0.25, 0.3) is 5.91 Å². The van der Waals surface area contributed by atoms with E-state index in [2.05, 4.69) is 5.32 Å². The predicted molar refractivity (Wildman–Crippen MR) is 111 cm³/mol. The molecule has 3 aromatic rings. The molecular formula is C22H21NO4S. The van der Waals surface area contributed by atoms with Crippen LogP contribution in [-0.4, -0.2) is 23.8 Å². The molecule has 1 aromatic heterocycles. The standard InChI is InChI=1S/C22H21NO4S/c1-14-10-12-20(28-14)19(24)11-13-21(25)27-15(2)22(26)23-18-9-5-7-16-6-3-4-8-17(16)18/h3-10,12,15H,11,13H2,1-2H3,(H,23,26). The number of aryl methyl sites for hydroxylation is 1. The van der Waals surface area contributed by atoms with E-state index >= 15 is 0 Å². The summed E-state index contributed by atoms with van der Waals surface area (Å²) >= 11 is 1.40. The summed E-state index contributed by atoms with van der Waals surface area (Å²) in [6.45, 7) is 3.44. The molecule has 0 fully saturated rings.